The average molecular weight is 250 g/mol. The van der Waals surface area contributed by atoms with Crippen LogP contribution >= 0.6 is 0 Å². The highest BCUT2D eigenvalue weighted by Crippen LogP contribution is 2.31. The maximum Gasteiger partial charge on any atom is 0.105 e. The van der Waals surface area contributed by atoms with Crippen molar-refractivity contribution in [2.45, 2.75) is 39.7 Å². The van der Waals surface area contributed by atoms with Crippen molar-refractivity contribution in [2.24, 2.45) is 5.41 Å². The molecule has 0 bridgehead atoms. The van der Waals surface area contributed by atoms with E-state index in [2.05, 4.69) is 30.3 Å². The van der Waals surface area contributed by atoms with Crippen LogP contribution < -0.4 is 5.32 Å². The molecule has 1 unspecified atom stereocenters. The van der Waals surface area contributed by atoms with E-state index in [1.165, 1.54) is 37.9 Å². The number of furan rings is 1. The average Bonchev–Trinajstić information content (AvgIpc) is 2.76. The summed E-state index contributed by atoms with van der Waals surface area (Å²) in [5.74, 6) is 1.05. The summed E-state index contributed by atoms with van der Waals surface area (Å²) >= 11 is 0. The van der Waals surface area contributed by atoms with Crippen LogP contribution in [0.25, 0.3) is 0 Å². The minimum absolute atomic E-state index is 0.463. The summed E-state index contributed by atoms with van der Waals surface area (Å²) in [7, 11) is 2.22. The van der Waals surface area contributed by atoms with Gasteiger partial charge >= 0.3 is 0 Å². The number of nitrogens with one attached hydrogen (secondary N) is 1. The summed E-state index contributed by atoms with van der Waals surface area (Å²) in [5, 5.41) is 3.56. The van der Waals surface area contributed by atoms with Gasteiger partial charge in [-0.15, -0.1) is 0 Å². The number of nitrogens with zero attached hydrogens (tertiary/aromatic N) is 1. The van der Waals surface area contributed by atoms with Crippen LogP contribution in [0.2, 0.25) is 0 Å². The van der Waals surface area contributed by atoms with Gasteiger partial charge in [0.2, 0.25) is 0 Å². The van der Waals surface area contributed by atoms with Crippen molar-refractivity contribution in [1.82, 2.24) is 10.2 Å². The Bertz CT molecular complexity index is 366. The molecule has 1 aromatic heterocycles. The predicted octanol–water partition coefficient (Wildman–Crippen LogP) is 2.80. The quantitative estimate of drug-likeness (QED) is 0.871. The molecule has 2 heterocycles. The highest BCUT2D eigenvalue weighted by molar-refractivity contribution is 5.15. The van der Waals surface area contributed by atoms with Crippen molar-refractivity contribution in [3.63, 3.8) is 0 Å². The van der Waals surface area contributed by atoms with Crippen LogP contribution in [0.1, 0.15) is 37.5 Å². The summed E-state index contributed by atoms with van der Waals surface area (Å²) in [5.41, 5.74) is 1.78. The first-order valence-corrected chi connectivity index (χ1v) is 7.07. The molecule has 3 heteroatoms. The van der Waals surface area contributed by atoms with E-state index >= 15 is 0 Å². The lowest BCUT2D eigenvalue weighted by atomic mass is 9.78. The Hall–Kier alpha value is -0.800. The van der Waals surface area contributed by atoms with Gasteiger partial charge in [0.05, 0.1) is 6.26 Å². The summed E-state index contributed by atoms with van der Waals surface area (Å²) in [6.07, 6.45) is 5.71. The van der Waals surface area contributed by atoms with Gasteiger partial charge in [0, 0.05) is 25.2 Å². The molecular formula is C15H26N2O. The maximum absolute atomic E-state index is 5.37. The fraction of sp³-hybridized carbons (Fsp3) is 0.733. The van der Waals surface area contributed by atoms with E-state index in [1.807, 2.05) is 6.92 Å². The molecule has 1 aromatic rings. The normalized spacial score (nSPS) is 24.7. The van der Waals surface area contributed by atoms with E-state index in [0.29, 0.717) is 5.41 Å². The minimum atomic E-state index is 0.463. The Morgan fingerprint density at radius 3 is 2.89 bits per heavy atom. The molecule has 18 heavy (non-hydrogen) atoms. The van der Waals surface area contributed by atoms with Gasteiger partial charge in [-0.3, -0.25) is 0 Å². The molecule has 102 valence electrons. The number of piperidine rings is 1. The van der Waals surface area contributed by atoms with Crippen molar-refractivity contribution < 1.29 is 4.42 Å². The van der Waals surface area contributed by atoms with Gasteiger partial charge in [-0.05, 0) is 51.3 Å². The first-order chi connectivity index (χ1) is 8.65. The van der Waals surface area contributed by atoms with Crippen LogP contribution in [0.3, 0.4) is 0 Å². The zero-order valence-corrected chi connectivity index (χ0v) is 12.0. The van der Waals surface area contributed by atoms with E-state index in [4.69, 9.17) is 4.42 Å². The molecular weight excluding hydrogens is 224 g/mol. The van der Waals surface area contributed by atoms with Crippen molar-refractivity contribution in [1.29, 1.82) is 0 Å². The summed E-state index contributed by atoms with van der Waals surface area (Å²) in [4.78, 5) is 2.44. The molecule has 0 radical (unpaired) electrons. The molecule has 0 aliphatic carbocycles. The highest BCUT2D eigenvalue weighted by Gasteiger charge is 2.31. The van der Waals surface area contributed by atoms with Crippen LogP contribution in [0.4, 0.5) is 0 Å². The predicted molar refractivity (Wildman–Crippen MR) is 74.6 cm³/mol. The molecule has 1 aliphatic heterocycles. The molecule has 1 N–H and O–H groups in total. The van der Waals surface area contributed by atoms with Gasteiger partial charge in [0.15, 0.2) is 0 Å². The highest BCUT2D eigenvalue weighted by atomic mass is 16.3. The molecule has 0 aromatic carbocycles. The molecule has 1 atom stereocenters. The second-order valence-electron chi connectivity index (χ2n) is 5.81. The maximum atomic E-state index is 5.37. The third kappa shape index (κ3) is 3.15. The minimum Gasteiger partial charge on any atom is -0.469 e. The van der Waals surface area contributed by atoms with E-state index in [1.54, 1.807) is 6.26 Å². The number of hydrogen-bond acceptors (Lipinski definition) is 3. The third-order valence-corrected chi connectivity index (χ3v) is 4.32. The Labute approximate surface area is 111 Å². The molecule has 0 spiro atoms. The fourth-order valence-corrected chi connectivity index (χ4v) is 3.07. The van der Waals surface area contributed by atoms with Gasteiger partial charge < -0.3 is 14.6 Å². The van der Waals surface area contributed by atoms with Crippen LogP contribution in [0.5, 0.6) is 0 Å². The summed E-state index contributed by atoms with van der Waals surface area (Å²) < 4.78 is 5.37. The lowest BCUT2D eigenvalue weighted by Crippen LogP contribution is -2.46. The molecule has 0 amide bonds. The van der Waals surface area contributed by atoms with Crippen molar-refractivity contribution in [3.05, 3.63) is 23.7 Å². The second-order valence-corrected chi connectivity index (χ2v) is 5.81. The first-order valence-electron chi connectivity index (χ1n) is 7.07. The van der Waals surface area contributed by atoms with Crippen LogP contribution in [0, 0.1) is 12.3 Å². The van der Waals surface area contributed by atoms with Crippen molar-refractivity contribution >= 4 is 0 Å². The van der Waals surface area contributed by atoms with Crippen molar-refractivity contribution in [3.8, 4) is 0 Å². The second kappa shape index (κ2) is 5.89. The smallest absolute Gasteiger partial charge is 0.105 e. The molecule has 3 nitrogen and oxygen atoms in total. The number of hydrogen-bond donors (Lipinski definition) is 1. The zero-order chi connectivity index (χ0) is 13.0. The summed E-state index contributed by atoms with van der Waals surface area (Å²) in [6, 6.07) is 2.09. The molecule has 2 rings (SSSR count). The topological polar surface area (TPSA) is 28.4 Å². The Morgan fingerprint density at radius 1 is 1.50 bits per heavy atom. The first kappa shape index (κ1) is 13.6. The summed E-state index contributed by atoms with van der Waals surface area (Å²) in [6.45, 7) is 8.88. The molecule has 1 fully saturated rings. The number of aryl methyl sites for hydroxylation is 1. The van der Waals surface area contributed by atoms with Gasteiger partial charge in [0.1, 0.15) is 5.76 Å². The lowest BCUT2D eigenvalue weighted by Gasteiger charge is -2.40. The largest absolute Gasteiger partial charge is 0.469 e. The third-order valence-electron chi connectivity index (χ3n) is 4.32. The van der Waals surface area contributed by atoms with E-state index in [9.17, 15) is 0 Å². The van der Waals surface area contributed by atoms with Crippen LogP contribution in [-0.2, 0) is 6.54 Å². The van der Waals surface area contributed by atoms with Crippen LogP contribution in [-0.4, -0.2) is 31.6 Å². The Morgan fingerprint density at radius 2 is 2.33 bits per heavy atom. The Balaban J connectivity index is 1.93. The zero-order valence-electron chi connectivity index (χ0n) is 12.0. The van der Waals surface area contributed by atoms with Crippen LogP contribution in [0.15, 0.2) is 16.7 Å². The van der Waals surface area contributed by atoms with E-state index in [0.717, 1.165) is 18.8 Å². The van der Waals surface area contributed by atoms with Gasteiger partial charge in [-0.2, -0.15) is 0 Å². The molecule has 0 saturated carbocycles. The van der Waals surface area contributed by atoms with E-state index in [-0.39, 0.29) is 0 Å². The monoisotopic (exact) mass is 250 g/mol. The number of rotatable bonds is 5. The Kier molecular flexibility index (Phi) is 4.46. The SMILES string of the molecule is CCC1(CN(C)Cc2ccoc2C)CCCNC1. The van der Waals surface area contributed by atoms with E-state index < -0.39 is 0 Å². The standard InChI is InChI=1S/C15H26N2O/c1-4-15(7-5-8-16-11-15)12-17(3)10-14-6-9-18-13(14)2/h6,9,16H,4-5,7-8,10-12H2,1-3H3. The van der Waals surface area contributed by atoms with Crippen molar-refractivity contribution in [2.75, 3.05) is 26.7 Å². The van der Waals surface area contributed by atoms with Gasteiger partial charge in [-0.1, -0.05) is 6.92 Å². The molecule has 1 saturated heterocycles. The fourth-order valence-electron chi connectivity index (χ4n) is 3.07. The van der Waals surface area contributed by atoms with Gasteiger partial charge in [0.25, 0.3) is 0 Å². The molecule has 1 aliphatic rings. The lowest BCUT2D eigenvalue weighted by molar-refractivity contribution is 0.124. The van der Waals surface area contributed by atoms with Gasteiger partial charge in [-0.25, -0.2) is 0 Å².